The molecular formula is C19H19F2NO3. The van der Waals surface area contributed by atoms with Crippen LogP contribution in [0, 0.1) is 17.6 Å². The Kier molecular flexibility index (Phi) is 5.28. The number of aliphatic hydroxyl groups is 1. The van der Waals surface area contributed by atoms with Gasteiger partial charge < -0.3 is 15.2 Å². The molecule has 0 saturated heterocycles. The second-order valence-corrected chi connectivity index (χ2v) is 6.20. The van der Waals surface area contributed by atoms with Gasteiger partial charge in [0.2, 0.25) is 0 Å². The van der Waals surface area contributed by atoms with E-state index in [-0.39, 0.29) is 18.1 Å². The van der Waals surface area contributed by atoms with Crippen LogP contribution in [0.1, 0.15) is 24.4 Å². The van der Waals surface area contributed by atoms with Gasteiger partial charge in [0.25, 0.3) is 5.91 Å². The monoisotopic (exact) mass is 347 g/mol. The normalized spacial score (nSPS) is 20.4. The van der Waals surface area contributed by atoms with E-state index in [9.17, 15) is 18.7 Å². The maximum absolute atomic E-state index is 14.1. The molecule has 0 aromatic heterocycles. The summed E-state index contributed by atoms with van der Waals surface area (Å²) in [6, 6.07) is 11.5. The maximum atomic E-state index is 14.1. The minimum Gasteiger partial charge on any atom is -0.484 e. The van der Waals surface area contributed by atoms with Gasteiger partial charge in [0.15, 0.2) is 6.61 Å². The number of nitrogens with one attached hydrogen (secondary N) is 1. The molecule has 4 nitrogen and oxygen atoms in total. The number of hydrogen-bond acceptors (Lipinski definition) is 3. The molecule has 2 aromatic rings. The Labute approximate surface area is 144 Å². The molecule has 1 fully saturated rings. The first-order valence-electron chi connectivity index (χ1n) is 8.13. The molecule has 1 aliphatic carbocycles. The van der Waals surface area contributed by atoms with Crippen molar-refractivity contribution in [2.75, 3.05) is 6.61 Å². The van der Waals surface area contributed by atoms with Gasteiger partial charge in [0, 0.05) is 11.6 Å². The van der Waals surface area contributed by atoms with Crippen LogP contribution in [-0.4, -0.2) is 23.7 Å². The SMILES string of the molecule is O=C(COc1ccccc1)N[C@@H](c1ccc(F)cc1F)C1CC(O)C1. The highest BCUT2D eigenvalue weighted by Gasteiger charge is 2.36. The Hall–Kier alpha value is -2.47. The predicted octanol–water partition coefficient (Wildman–Crippen LogP) is 2.97. The Morgan fingerprint density at radius 2 is 1.92 bits per heavy atom. The summed E-state index contributed by atoms with van der Waals surface area (Å²) in [5, 5.41) is 12.3. The summed E-state index contributed by atoms with van der Waals surface area (Å²) in [5.74, 6) is -1.33. The Morgan fingerprint density at radius 1 is 1.20 bits per heavy atom. The fraction of sp³-hybridized carbons (Fsp3) is 0.316. The molecule has 1 saturated carbocycles. The average molecular weight is 347 g/mol. The van der Waals surface area contributed by atoms with Gasteiger partial charge in [-0.2, -0.15) is 0 Å². The molecule has 6 heteroatoms. The molecule has 0 heterocycles. The van der Waals surface area contributed by atoms with Crippen LogP contribution < -0.4 is 10.1 Å². The minimum atomic E-state index is -0.712. The first kappa shape index (κ1) is 17.4. The molecular weight excluding hydrogens is 328 g/mol. The predicted molar refractivity (Wildman–Crippen MR) is 87.9 cm³/mol. The van der Waals surface area contributed by atoms with Crippen LogP contribution in [0.4, 0.5) is 8.78 Å². The lowest BCUT2D eigenvalue weighted by molar-refractivity contribution is -0.125. The van der Waals surface area contributed by atoms with Crippen molar-refractivity contribution in [1.82, 2.24) is 5.32 Å². The molecule has 0 spiro atoms. The van der Waals surface area contributed by atoms with Crippen molar-refractivity contribution in [3.05, 3.63) is 65.7 Å². The van der Waals surface area contributed by atoms with E-state index in [1.54, 1.807) is 24.3 Å². The molecule has 0 unspecified atom stereocenters. The summed E-state index contributed by atoms with van der Waals surface area (Å²) in [7, 11) is 0. The van der Waals surface area contributed by atoms with Crippen LogP contribution >= 0.6 is 0 Å². The number of aliphatic hydroxyl groups excluding tert-OH is 1. The quantitative estimate of drug-likeness (QED) is 0.845. The van der Waals surface area contributed by atoms with Crippen LogP contribution in [0.25, 0.3) is 0 Å². The summed E-state index contributed by atoms with van der Waals surface area (Å²) in [6.45, 7) is -0.210. The smallest absolute Gasteiger partial charge is 0.258 e. The fourth-order valence-corrected chi connectivity index (χ4v) is 2.99. The van der Waals surface area contributed by atoms with Gasteiger partial charge in [0.05, 0.1) is 12.1 Å². The summed E-state index contributed by atoms with van der Waals surface area (Å²) in [5.41, 5.74) is 0.214. The number of carbonyl (C=O) groups excluding carboxylic acids is 1. The molecule has 1 atom stereocenters. The van der Waals surface area contributed by atoms with E-state index in [4.69, 9.17) is 4.74 Å². The van der Waals surface area contributed by atoms with Crippen molar-refractivity contribution < 1.29 is 23.4 Å². The number of rotatable bonds is 6. The molecule has 0 bridgehead atoms. The van der Waals surface area contributed by atoms with Crippen molar-refractivity contribution >= 4 is 5.91 Å². The zero-order chi connectivity index (χ0) is 17.8. The zero-order valence-corrected chi connectivity index (χ0v) is 13.5. The largest absolute Gasteiger partial charge is 0.484 e. The van der Waals surface area contributed by atoms with Crippen LogP contribution in [-0.2, 0) is 4.79 Å². The van der Waals surface area contributed by atoms with Crippen LogP contribution in [0.2, 0.25) is 0 Å². The van der Waals surface area contributed by atoms with Gasteiger partial charge >= 0.3 is 0 Å². The van der Waals surface area contributed by atoms with Crippen molar-refractivity contribution in [2.24, 2.45) is 5.92 Å². The van der Waals surface area contributed by atoms with E-state index in [1.807, 2.05) is 6.07 Å². The van der Waals surface area contributed by atoms with E-state index in [0.717, 1.165) is 12.1 Å². The van der Waals surface area contributed by atoms with E-state index < -0.39 is 29.7 Å². The highest BCUT2D eigenvalue weighted by Crippen LogP contribution is 2.39. The number of halogens is 2. The number of para-hydroxylation sites is 1. The lowest BCUT2D eigenvalue weighted by Crippen LogP contribution is -2.43. The van der Waals surface area contributed by atoms with Gasteiger partial charge in [-0.05, 0) is 37.0 Å². The van der Waals surface area contributed by atoms with Crippen molar-refractivity contribution in [3.63, 3.8) is 0 Å². The fourth-order valence-electron chi connectivity index (χ4n) is 2.99. The molecule has 3 rings (SSSR count). The van der Waals surface area contributed by atoms with Crippen molar-refractivity contribution in [1.29, 1.82) is 0 Å². The third kappa shape index (κ3) is 4.33. The Balaban J connectivity index is 1.68. The lowest BCUT2D eigenvalue weighted by atomic mass is 9.75. The number of ether oxygens (including phenoxy) is 1. The summed E-state index contributed by atoms with van der Waals surface area (Å²) in [6.07, 6.45) is 0.469. The van der Waals surface area contributed by atoms with Crippen molar-refractivity contribution in [2.45, 2.75) is 25.0 Å². The first-order chi connectivity index (χ1) is 12.0. The highest BCUT2D eigenvalue weighted by molar-refractivity contribution is 5.78. The Bertz CT molecular complexity index is 733. The molecule has 2 N–H and O–H groups in total. The summed E-state index contributed by atoms with van der Waals surface area (Å²) >= 11 is 0. The molecule has 132 valence electrons. The molecule has 1 aliphatic rings. The maximum Gasteiger partial charge on any atom is 0.258 e. The summed E-state index contributed by atoms with van der Waals surface area (Å²) < 4.78 is 32.7. The number of hydrogen-bond donors (Lipinski definition) is 2. The molecule has 25 heavy (non-hydrogen) atoms. The minimum absolute atomic E-state index is 0.101. The van der Waals surface area contributed by atoms with E-state index in [0.29, 0.717) is 18.6 Å². The van der Waals surface area contributed by atoms with E-state index >= 15 is 0 Å². The zero-order valence-electron chi connectivity index (χ0n) is 13.5. The van der Waals surface area contributed by atoms with Gasteiger partial charge in [-0.15, -0.1) is 0 Å². The van der Waals surface area contributed by atoms with Gasteiger partial charge in [0.1, 0.15) is 17.4 Å². The molecule has 2 aromatic carbocycles. The second kappa shape index (κ2) is 7.61. The van der Waals surface area contributed by atoms with E-state index in [2.05, 4.69) is 5.32 Å². The van der Waals surface area contributed by atoms with Crippen LogP contribution in [0.3, 0.4) is 0 Å². The third-order valence-electron chi connectivity index (χ3n) is 4.35. The van der Waals surface area contributed by atoms with Crippen LogP contribution in [0.15, 0.2) is 48.5 Å². The number of benzene rings is 2. The topological polar surface area (TPSA) is 58.6 Å². The van der Waals surface area contributed by atoms with Gasteiger partial charge in [-0.1, -0.05) is 24.3 Å². The lowest BCUT2D eigenvalue weighted by Gasteiger charge is -2.38. The Morgan fingerprint density at radius 3 is 2.56 bits per heavy atom. The van der Waals surface area contributed by atoms with E-state index in [1.165, 1.54) is 6.07 Å². The molecule has 0 aliphatic heterocycles. The number of amides is 1. The van der Waals surface area contributed by atoms with Gasteiger partial charge in [-0.3, -0.25) is 4.79 Å². The second-order valence-electron chi connectivity index (χ2n) is 6.20. The third-order valence-corrected chi connectivity index (χ3v) is 4.35. The highest BCUT2D eigenvalue weighted by atomic mass is 19.1. The number of carbonyl (C=O) groups is 1. The summed E-state index contributed by atoms with van der Waals surface area (Å²) in [4.78, 5) is 12.2. The molecule has 0 radical (unpaired) electrons. The van der Waals surface area contributed by atoms with Gasteiger partial charge in [-0.25, -0.2) is 8.78 Å². The first-order valence-corrected chi connectivity index (χ1v) is 8.13. The standard InChI is InChI=1S/C19H19F2NO3/c20-13-6-7-16(17(21)10-13)19(12-8-14(23)9-12)22-18(24)11-25-15-4-2-1-3-5-15/h1-7,10,12,14,19,23H,8-9,11H2,(H,22,24)/t12?,14?,19-/m1/s1. The van der Waals surface area contributed by atoms with Crippen molar-refractivity contribution in [3.8, 4) is 5.75 Å². The molecule has 1 amide bonds. The average Bonchev–Trinajstić information content (AvgIpc) is 2.57. The van der Waals surface area contributed by atoms with Crippen LogP contribution in [0.5, 0.6) is 5.75 Å².